The van der Waals surface area contributed by atoms with E-state index in [1.165, 1.54) is 16.2 Å². The van der Waals surface area contributed by atoms with Crippen molar-refractivity contribution in [2.24, 2.45) is 0 Å². The molecule has 2 aromatic heterocycles. The number of piperidine rings is 1. The predicted molar refractivity (Wildman–Crippen MR) is 104 cm³/mol. The number of anilines is 1. The number of hydrogen-bond acceptors (Lipinski definition) is 3. The van der Waals surface area contributed by atoms with Gasteiger partial charge in [0, 0.05) is 25.2 Å². The Balaban J connectivity index is 1.82. The van der Waals surface area contributed by atoms with Crippen LogP contribution in [-0.4, -0.2) is 42.0 Å². The molecule has 0 bridgehead atoms. The topological polar surface area (TPSA) is 28.0 Å². The molecule has 26 heavy (non-hydrogen) atoms. The van der Waals surface area contributed by atoms with E-state index in [4.69, 9.17) is 0 Å². The highest BCUT2D eigenvalue weighted by Gasteiger charge is 2.30. The first kappa shape index (κ1) is 17.5. The van der Waals surface area contributed by atoms with Crippen LogP contribution >= 0.6 is 0 Å². The lowest BCUT2D eigenvalue weighted by molar-refractivity contribution is 0.225. The second-order valence-electron chi connectivity index (χ2n) is 7.89. The Morgan fingerprint density at radius 1 is 1.27 bits per heavy atom. The molecule has 3 heterocycles. The molecule has 1 saturated carbocycles. The normalized spacial score (nSPS) is 21.0. The van der Waals surface area contributed by atoms with E-state index in [9.17, 15) is 4.79 Å². The molecule has 0 N–H and O–H groups in total. The maximum absolute atomic E-state index is 15.1. The van der Waals surface area contributed by atoms with Crippen LogP contribution in [-0.2, 0) is 0 Å². The number of fused-ring (bicyclic) bond motifs is 1. The van der Waals surface area contributed by atoms with Gasteiger partial charge >= 0.3 is 0 Å². The van der Waals surface area contributed by atoms with Gasteiger partial charge in [-0.05, 0) is 63.2 Å². The molecular formula is C21H28FN3O. The summed E-state index contributed by atoms with van der Waals surface area (Å²) in [5, 5.41) is 0. The minimum absolute atomic E-state index is 0.153. The average molecular weight is 357 g/mol. The zero-order valence-electron chi connectivity index (χ0n) is 16.0. The van der Waals surface area contributed by atoms with Crippen molar-refractivity contribution in [3.8, 4) is 0 Å². The van der Waals surface area contributed by atoms with Crippen LogP contribution in [0.15, 0.2) is 23.1 Å². The average Bonchev–Trinajstić information content (AvgIpc) is 3.47. The molecule has 1 aliphatic heterocycles. The molecular weight excluding hydrogens is 329 g/mol. The first-order chi connectivity index (χ1) is 12.5. The number of aryl methyl sites for hydroxylation is 1. The van der Waals surface area contributed by atoms with Crippen LogP contribution < -0.4 is 10.5 Å². The van der Waals surface area contributed by atoms with Gasteiger partial charge in [-0.1, -0.05) is 13.0 Å². The highest BCUT2D eigenvalue weighted by atomic mass is 19.1. The molecule has 2 aromatic rings. The summed E-state index contributed by atoms with van der Waals surface area (Å²) >= 11 is 0. The minimum atomic E-state index is -0.287. The van der Waals surface area contributed by atoms with Crippen LogP contribution in [0.3, 0.4) is 0 Å². The number of pyridine rings is 2. The second-order valence-corrected chi connectivity index (χ2v) is 7.89. The molecule has 5 heteroatoms. The summed E-state index contributed by atoms with van der Waals surface area (Å²) in [6.45, 7) is 6.85. The van der Waals surface area contributed by atoms with E-state index in [1.54, 1.807) is 6.07 Å². The first-order valence-electron chi connectivity index (χ1n) is 9.80. The standard InChI is InChI=1S/C21H28FN3O/c1-4-23(3)16-6-5-11-24(12-16)21-14(2)20-17(15-7-8-15)9-10-19(26)25(20)13-18(21)22/h9-10,13,15-16H,4-8,11-12H2,1-3H3/t16-/m0/s1. The lowest BCUT2D eigenvalue weighted by Gasteiger charge is -2.39. The number of nitrogens with zero attached hydrogens (tertiary/aromatic N) is 3. The zero-order valence-corrected chi connectivity index (χ0v) is 16.0. The van der Waals surface area contributed by atoms with Crippen molar-refractivity contribution in [1.29, 1.82) is 0 Å². The van der Waals surface area contributed by atoms with Crippen molar-refractivity contribution in [3.63, 3.8) is 0 Å². The summed E-state index contributed by atoms with van der Waals surface area (Å²) in [7, 11) is 2.14. The van der Waals surface area contributed by atoms with Gasteiger partial charge in [0.2, 0.25) is 0 Å². The Labute approximate surface area is 154 Å². The Morgan fingerprint density at radius 2 is 2.04 bits per heavy atom. The van der Waals surface area contributed by atoms with E-state index >= 15 is 4.39 Å². The molecule has 4 rings (SSSR count). The lowest BCUT2D eigenvalue weighted by Crippen LogP contribution is -2.47. The smallest absolute Gasteiger partial charge is 0.255 e. The number of likely N-dealkylation sites (N-methyl/N-ethyl adjacent to an activating group) is 1. The summed E-state index contributed by atoms with van der Waals surface area (Å²) < 4.78 is 16.6. The molecule has 0 spiro atoms. The Bertz CT molecular complexity index is 887. The zero-order chi connectivity index (χ0) is 18.4. The minimum Gasteiger partial charge on any atom is -0.367 e. The third-order valence-corrected chi connectivity index (χ3v) is 6.19. The van der Waals surface area contributed by atoms with Crippen molar-refractivity contribution in [3.05, 3.63) is 45.6 Å². The van der Waals surface area contributed by atoms with E-state index in [-0.39, 0.29) is 11.4 Å². The van der Waals surface area contributed by atoms with Gasteiger partial charge < -0.3 is 9.80 Å². The quantitative estimate of drug-likeness (QED) is 0.838. The van der Waals surface area contributed by atoms with Crippen molar-refractivity contribution < 1.29 is 4.39 Å². The van der Waals surface area contributed by atoms with Gasteiger partial charge in [-0.2, -0.15) is 0 Å². The summed E-state index contributed by atoms with van der Waals surface area (Å²) in [5.41, 5.74) is 3.56. The molecule has 2 aliphatic rings. The van der Waals surface area contributed by atoms with Gasteiger partial charge in [-0.15, -0.1) is 0 Å². The molecule has 1 aliphatic carbocycles. The van der Waals surface area contributed by atoms with Crippen LogP contribution in [0.4, 0.5) is 10.1 Å². The number of hydrogen-bond donors (Lipinski definition) is 0. The lowest BCUT2D eigenvalue weighted by atomic mass is 10.0. The van der Waals surface area contributed by atoms with Crippen molar-refractivity contribution in [2.45, 2.75) is 51.5 Å². The molecule has 1 atom stereocenters. The Morgan fingerprint density at radius 3 is 2.73 bits per heavy atom. The first-order valence-corrected chi connectivity index (χ1v) is 9.80. The van der Waals surface area contributed by atoms with Crippen LogP contribution in [0.5, 0.6) is 0 Å². The van der Waals surface area contributed by atoms with E-state index in [1.807, 2.05) is 13.0 Å². The SMILES string of the molecule is CCN(C)[C@H]1CCCN(c2c(F)cn3c(=O)ccc(C4CC4)c3c2C)C1. The maximum atomic E-state index is 15.1. The molecule has 0 amide bonds. The molecule has 2 fully saturated rings. The van der Waals surface area contributed by atoms with Crippen LogP contribution in [0.25, 0.3) is 5.52 Å². The summed E-state index contributed by atoms with van der Waals surface area (Å²) in [4.78, 5) is 16.9. The third kappa shape index (κ3) is 2.92. The van der Waals surface area contributed by atoms with Crippen molar-refractivity contribution in [2.75, 3.05) is 31.6 Å². The van der Waals surface area contributed by atoms with Gasteiger partial charge in [-0.25, -0.2) is 4.39 Å². The third-order valence-electron chi connectivity index (χ3n) is 6.19. The number of aromatic nitrogens is 1. The van der Waals surface area contributed by atoms with Gasteiger partial charge in [0.25, 0.3) is 5.56 Å². The highest BCUT2D eigenvalue weighted by molar-refractivity contribution is 5.73. The van der Waals surface area contributed by atoms with E-state index in [0.29, 0.717) is 17.6 Å². The van der Waals surface area contributed by atoms with E-state index < -0.39 is 0 Å². The van der Waals surface area contributed by atoms with Gasteiger partial charge in [0.05, 0.1) is 17.4 Å². The molecule has 4 nitrogen and oxygen atoms in total. The molecule has 0 aromatic carbocycles. The highest BCUT2D eigenvalue weighted by Crippen LogP contribution is 2.43. The van der Waals surface area contributed by atoms with Crippen molar-refractivity contribution >= 4 is 11.2 Å². The fourth-order valence-corrected chi connectivity index (χ4v) is 4.45. The van der Waals surface area contributed by atoms with Gasteiger partial charge in [0.1, 0.15) is 0 Å². The maximum Gasteiger partial charge on any atom is 0.255 e. The summed E-state index contributed by atoms with van der Waals surface area (Å²) in [5.74, 6) is 0.229. The molecule has 1 saturated heterocycles. The fourth-order valence-electron chi connectivity index (χ4n) is 4.45. The molecule has 0 radical (unpaired) electrons. The van der Waals surface area contributed by atoms with E-state index in [2.05, 4.69) is 23.8 Å². The van der Waals surface area contributed by atoms with E-state index in [0.717, 1.165) is 56.4 Å². The Hall–Kier alpha value is -1.88. The molecule has 0 unspecified atom stereocenters. The monoisotopic (exact) mass is 357 g/mol. The Kier molecular flexibility index (Phi) is 4.51. The largest absolute Gasteiger partial charge is 0.367 e. The van der Waals surface area contributed by atoms with Gasteiger partial charge in [-0.3, -0.25) is 9.20 Å². The number of halogens is 1. The predicted octanol–water partition coefficient (Wildman–Crippen LogP) is 3.54. The summed E-state index contributed by atoms with van der Waals surface area (Å²) in [6, 6.07) is 3.98. The van der Waals surface area contributed by atoms with Crippen LogP contribution in [0.1, 0.15) is 49.7 Å². The van der Waals surface area contributed by atoms with Crippen LogP contribution in [0, 0.1) is 12.7 Å². The second kappa shape index (κ2) is 6.69. The molecule has 140 valence electrons. The summed E-state index contributed by atoms with van der Waals surface area (Å²) in [6.07, 6.45) is 5.94. The number of rotatable bonds is 4. The van der Waals surface area contributed by atoms with Crippen molar-refractivity contribution in [1.82, 2.24) is 9.30 Å². The van der Waals surface area contributed by atoms with Crippen LogP contribution in [0.2, 0.25) is 0 Å². The van der Waals surface area contributed by atoms with Gasteiger partial charge in [0.15, 0.2) is 5.82 Å². The fraction of sp³-hybridized carbons (Fsp3) is 0.571.